The van der Waals surface area contributed by atoms with E-state index in [4.69, 9.17) is 46.4 Å². The van der Waals surface area contributed by atoms with E-state index in [1.54, 1.807) is 21.9 Å². The van der Waals surface area contributed by atoms with Crippen molar-refractivity contribution < 1.29 is 9.59 Å². The lowest BCUT2D eigenvalue weighted by Gasteiger charge is -2.38. The second kappa shape index (κ2) is 22.1. The Morgan fingerprint density at radius 1 is 0.375 bits per heavy atom. The van der Waals surface area contributed by atoms with E-state index in [2.05, 4.69) is 27.7 Å². The van der Waals surface area contributed by atoms with Crippen LogP contribution in [0.1, 0.15) is 214 Å². The van der Waals surface area contributed by atoms with Crippen molar-refractivity contribution in [2.75, 3.05) is 0 Å². The highest BCUT2D eigenvalue weighted by Gasteiger charge is 2.40. The van der Waals surface area contributed by atoms with Gasteiger partial charge in [0.25, 0.3) is 11.8 Å². The third-order valence-corrected chi connectivity index (χ3v) is 15.5. The second-order valence-corrected chi connectivity index (χ2v) is 20.4. The van der Waals surface area contributed by atoms with Crippen LogP contribution in [0.5, 0.6) is 0 Å². The number of halogens is 4. The van der Waals surface area contributed by atoms with Crippen molar-refractivity contribution in [2.24, 2.45) is 0 Å². The number of carbonyl (C=O) groups is 2. The highest BCUT2D eigenvalue weighted by Crippen LogP contribution is 2.54. The van der Waals surface area contributed by atoms with E-state index in [1.807, 2.05) is 12.1 Å². The molecule has 0 bridgehead atoms. The summed E-state index contributed by atoms with van der Waals surface area (Å²) in [5.74, 6) is -0.124. The molecule has 5 aromatic carbocycles. The number of fused-ring (bicyclic) bond motifs is 2. The minimum absolute atomic E-state index is 0.119. The van der Waals surface area contributed by atoms with Crippen molar-refractivity contribution >= 4 is 113 Å². The van der Waals surface area contributed by atoms with E-state index in [1.165, 1.54) is 77.0 Å². The van der Waals surface area contributed by atoms with Crippen LogP contribution in [0.2, 0.25) is 20.1 Å². The number of amides is 2. The molecule has 0 aromatic heterocycles. The maximum absolute atomic E-state index is 15.0. The molecule has 0 radical (unpaired) electrons. The van der Waals surface area contributed by atoms with Crippen LogP contribution in [0.3, 0.4) is 0 Å². The molecule has 0 atom stereocenters. The molecule has 0 saturated heterocycles. The average Bonchev–Trinajstić information content (AvgIpc) is 3.27. The molecule has 6 nitrogen and oxygen atoms in total. The minimum Gasteiger partial charge on any atom is -0.290 e. The third kappa shape index (κ3) is 9.38. The molecule has 2 aliphatic heterocycles. The molecule has 344 valence electrons. The number of amidine groups is 2. The van der Waals surface area contributed by atoms with Crippen molar-refractivity contribution in [3.63, 3.8) is 0 Å². The number of hydrogen-bond donors (Lipinski definition) is 2. The number of benzene rings is 5. The Morgan fingerprint density at radius 3 is 0.891 bits per heavy atom. The molecule has 5 aromatic rings. The molecule has 0 unspecified atom stereocenters. The fourth-order valence-electron chi connectivity index (χ4n) is 11.0. The van der Waals surface area contributed by atoms with Gasteiger partial charge in [0, 0.05) is 86.4 Å². The SMILES string of the molecule is CCCCCCCC(CCCCCCC)N1C(=N)c2cc(Cl)c3c4c(Cl)cc5c6c(cc(Cl)c(c7c(Cl)cc(c2c37)C1=O)c64)C(=N)N(C(CCCCCCC)CCCCCCC)C5=O. The van der Waals surface area contributed by atoms with E-state index in [9.17, 15) is 20.4 Å². The average molecular weight is 947 g/mol. The molecule has 2 aliphatic rings. The van der Waals surface area contributed by atoms with Crippen LogP contribution < -0.4 is 0 Å². The molecule has 0 fully saturated rings. The van der Waals surface area contributed by atoms with Gasteiger partial charge >= 0.3 is 0 Å². The fourth-order valence-corrected chi connectivity index (χ4v) is 12.2. The van der Waals surface area contributed by atoms with Crippen LogP contribution in [-0.2, 0) is 0 Å². The summed E-state index contributed by atoms with van der Waals surface area (Å²) >= 11 is 29.7. The van der Waals surface area contributed by atoms with Gasteiger partial charge in [-0.15, -0.1) is 0 Å². The number of rotatable bonds is 26. The molecule has 0 aliphatic carbocycles. The number of nitrogens with one attached hydrogen (secondary N) is 2. The summed E-state index contributed by atoms with van der Waals surface area (Å²) in [6.07, 6.45) is 25.8. The van der Waals surface area contributed by atoms with Crippen molar-refractivity contribution in [3.8, 4) is 0 Å². The number of nitrogens with zero attached hydrogens (tertiary/aromatic N) is 2. The molecule has 2 heterocycles. The first-order chi connectivity index (χ1) is 31.0. The number of hydrogen-bond acceptors (Lipinski definition) is 4. The van der Waals surface area contributed by atoms with Gasteiger partial charge in [0.15, 0.2) is 0 Å². The van der Waals surface area contributed by atoms with Gasteiger partial charge in [0.1, 0.15) is 11.7 Å². The lowest BCUT2D eigenvalue weighted by Crippen LogP contribution is -2.47. The molecule has 2 amide bonds. The van der Waals surface area contributed by atoms with Gasteiger partial charge in [-0.2, -0.15) is 0 Å². The van der Waals surface area contributed by atoms with Crippen LogP contribution in [0, 0.1) is 10.8 Å². The Bertz CT molecular complexity index is 2200. The molecule has 0 spiro atoms. The normalized spacial score (nSPS) is 14.2. The van der Waals surface area contributed by atoms with E-state index in [0.717, 1.165) is 77.0 Å². The largest absolute Gasteiger partial charge is 0.290 e. The minimum atomic E-state index is -0.219. The van der Waals surface area contributed by atoms with Gasteiger partial charge in [-0.3, -0.25) is 30.2 Å². The Balaban J connectivity index is 1.35. The highest BCUT2D eigenvalue weighted by atomic mass is 35.5. The van der Waals surface area contributed by atoms with Crippen LogP contribution >= 0.6 is 46.4 Å². The van der Waals surface area contributed by atoms with Gasteiger partial charge in [0.2, 0.25) is 0 Å². The zero-order valence-electron chi connectivity index (χ0n) is 38.7. The first-order valence-electron chi connectivity index (χ1n) is 24.8. The molecular formula is C54H68Cl4N4O2. The lowest BCUT2D eigenvalue weighted by atomic mass is 9.81. The standard InChI is InChI=1S/C54H68Cl4N4O2/c1-5-9-13-17-21-25-33(26-22-18-14-10-6-2)61-51(59)35-29-39(55)45-48-42(58)32-38-44-36(30-40(56)46(50(44)48)47-41(57)31-37(53(61)63)43(35)49(45)47)52(60)62(54(38)64)34(27-23-19-15-11-7-3)28-24-20-16-12-8-4/h29-34,59-60H,5-28H2,1-4H3. The van der Waals surface area contributed by atoms with Gasteiger partial charge in [-0.05, 0) is 49.9 Å². The Labute approximate surface area is 401 Å². The molecule has 0 saturated carbocycles. The molecule has 64 heavy (non-hydrogen) atoms. The highest BCUT2D eigenvalue weighted by molar-refractivity contribution is 6.56. The van der Waals surface area contributed by atoms with Gasteiger partial charge < -0.3 is 0 Å². The Morgan fingerprint density at radius 2 is 0.625 bits per heavy atom. The molecule has 10 heteroatoms. The summed E-state index contributed by atoms with van der Waals surface area (Å²) in [5.41, 5.74) is 2.06. The summed E-state index contributed by atoms with van der Waals surface area (Å²) < 4.78 is 0. The van der Waals surface area contributed by atoms with Crippen LogP contribution in [0.15, 0.2) is 24.3 Å². The summed E-state index contributed by atoms with van der Waals surface area (Å²) in [5, 5.41) is 25.9. The Kier molecular flexibility index (Phi) is 16.8. The van der Waals surface area contributed by atoms with Gasteiger partial charge in [-0.1, -0.05) is 203 Å². The molecule has 2 N–H and O–H groups in total. The topological polar surface area (TPSA) is 88.3 Å². The van der Waals surface area contributed by atoms with Gasteiger partial charge in [-0.25, -0.2) is 0 Å². The second-order valence-electron chi connectivity index (χ2n) is 18.8. The zero-order valence-corrected chi connectivity index (χ0v) is 41.7. The summed E-state index contributed by atoms with van der Waals surface area (Å²) in [4.78, 5) is 33.4. The van der Waals surface area contributed by atoms with E-state index in [-0.39, 0.29) is 35.6 Å². The van der Waals surface area contributed by atoms with Crippen molar-refractivity contribution in [3.05, 3.63) is 66.6 Å². The van der Waals surface area contributed by atoms with Crippen LogP contribution in [0.4, 0.5) is 0 Å². The number of unbranched alkanes of at least 4 members (excludes halogenated alkanes) is 16. The predicted molar refractivity (Wildman–Crippen MR) is 275 cm³/mol. The zero-order chi connectivity index (χ0) is 45.7. The van der Waals surface area contributed by atoms with Crippen molar-refractivity contribution in [1.82, 2.24) is 9.80 Å². The molecular weight excluding hydrogens is 878 g/mol. The molecule has 7 rings (SSSR count). The predicted octanol–water partition coefficient (Wildman–Crippen LogP) is 18.1. The lowest BCUT2D eigenvalue weighted by molar-refractivity contribution is 0.0776. The smallest absolute Gasteiger partial charge is 0.260 e. The summed E-state index contributed by atoms with van der Waals surface area (Å²) in [6.45, 7) is 8.86. The summed E-state index contributed by atoms with van der Waals surface area (Å²) in [6, 6.07) is 6.90. The third-order valence-electron chi connectivity index (χ3n) is 14.3. The first kappa shape index (κ1) is 48.8. The maximum atomic E-state index is 15.0. The first-order valence-corrected chi connectivity index (χ1v) is 26.4. The van der Waals surface area contributed by atoms with E-state index < -0.39 is 0 Å². The Hall–Kier alpha value is -3.16. The van der Waals surface area contributed by atoms with Crippen molar-refractivity contribution in [1.29, 1.82) is 10.8 Å². The van der Waals surface area contributed by atoms with Crippen LogP contribution in [-0.4, -0.2) is 45.4 Å². The summed E-state index contributed by atoms with van der Waals surface area (Å²) in [7, 11) is 0. The monoisotopic (exact) mass is 944 g/mol. The number of carbonyl (C=O) groups excluding carboxylic acids is 2. The van der Waals surface area contributed by atoms with Gasteiger partial charge in [0.05, 0.1) is 11.1 Å². The van der Waals surface area contributed by atoms with Crippen LogP contribution in [0.25, 0.3) is 43.1 Å². The quantitative estimate of drug-likeness (QED) is 0.0329. The van der Waals surface area contributed by atoms with E-state index in [0.29, 0.717) is 85.4 Å². The van der Waals surface area contributed by atoms with Crippen molar-refractivity contribution in [2.45, 2.75) is 194 Å². The van der Waals surface area contributed by atoms with E-state index >= 15 is 0 Å². The maximum Gasteiger partial charge on any atom is 0.260 e. The fraction of sp³-hybridized carbons (Fsp3) is 0.556.